The third-order valence-electron chi connectivity index (χ3n) is 5.88. The van der Waals surface area contributed by atoms with Gasteiger partial charge < -0.3 is 0 Å². The Morgan fingerprint density at radius 2 is 1.85 bits per heavy atom. The van der Waals surface area contributed by atoms with Gasteiger partial charge in [0.1, 0.15) is 0 Å². The van der Waals surface area contributed by atoms with Crippen LogP contribution in [0.15, 0.2) is 11.9 Å². The molecule has 1 fully saturated rings. The van der Waals surface area contributed by atoms with Crippen molar-refractivity contribution < 1.29 is 24.3 Å². The Morgan fingerprint density at radius 3 is 2.38 bits per heavy atom. The summed E-state index contributed by atoms with van der Waals surface area (Å²) in [4.78, 5) is 54.0. The molecule has 0 bridgehead atoms. The number of hydrogen-bond acceptors (Lipinski definition) is 5. The number of hydrogen-bond donors (Lipinski definition) is 3. The molecule has 0 unspecified atom stereocenters. The van der Waals surface area contributed by atoms with E-state index in [0.29, 0.717) is 31.7 Å². The van der Waals surface area contributed by atoms with E-state index >= 15 is 0 Å². The molecule has 9 nitrogen and oxygen atoms in total. The summed E-state index contributed by atoms with van der Waals surface area (Å²) < 4.78 is 0. The van der Waals surface area contributed by atoms with Gasteiger partial charge in [-0.25, -0.2) is 0 Å². The summed E-state index contributed by atoms with van der Waals surface area (Å²) in [5.74, 6) is 1.23. The van der Waals surface area contributed by atoms with Crippen molar-refractivity contribution in [2.24, 2.45) is 11.8 Å². The Labute approximate surface area is 205 Å². The zero-order valence-corrected chi connectivity index (χ0v) is 22.9. The van der Waals surface area contributed by atoms with Crippen LogP contribution in [0.3, 0.4) is 0 Å². The molecule has 1 aliphatic heterocycles. The quantitative estimate of drug-likeness (QED) is 0.377. The fourth-order valence-corrected chi connectivity index (χ4v) is 7.88. The fraction of sp³-hybridized carbons (Fsp3) is 0.750. The normalized spacial score (nSPS) is 17.8. The summed E-state index contributed by atoms with van der Waals surface area (Å²) in [5.41, 5.74) is 0. The number of rotatable bonds is 11. The van der Waals surface area contributed by atoms with Crippen LogP contribution in [0, 0.1) is 11.8 Å². The number of aliphatic hydroxyl groups excluding tert-OH is 1. The van der Waals surface area contributed by atoms with Gasteiger partial charge in [0.05, 0.1) is 0 Å². The SMILES string of the molecule is CC=C[PH](C)(CC(C)C)NC(=O)CNC(=O)N(C[C@@H](O)CC)C(=O)[C@@H]1CCCN1C(=O)C(C)C. The Bertz CT molecular complexity index is 758. The maximum absolute atomic E-state index is 13.3. The molecular weight excluding hydrogens is 455 g/mol. The number of allylic oxidation sites excluding steroid dienone is 1. The van der Waals surface area contributed by atoms with Gasteiger partial charge in [-0.1, -0.05) is 0 Å². The molecule has 196 valence electrons. The van der Waals surface area contributed by atoms with Crippen LogP contribution in [0.1, 0.15) is 60.8 Å². The predicted octanol–water partition coefficient (Wildman–Crippen LogP) is 2.54. The molecule has 0 saturated carbocycles. The van der Waals surface area contributed by atoms with Crippen molar-refractivity contribution in [2.45, 2.75) is 73.0 Å². The Morgan fingerprint density at radius 1 is 1.21 bits per heavy atom. The number of carbonyl (C=O) groups excluding carboxylic acids is 4. The number of amides is 5. The molecule has 1 aliphatic rings. The van der Waals surface area contributed by atoms with E-state index in [2.05, 4.69) is 36.7 Å². The minimum absolute atomic E-state index is 0.134. The number of aliphatic hydroxyl groups is 1. The zero-order valence-electron chi connectivity index (χ0n) is 21.9. The van der Waals surface area contributed by atoms with Crippen LogP contribution < -0.4 is 10.4 Å². The maximum atomic E-state index is 13.3. The molecular formula is C24H45N4O5P. The molecule has 1 saturated heterocycles. The van der Waals surface area contributed by atoms with Crippen molar-refractivity contribution in [3.8, 4) is 0 Å². The van der Waals surface area contributed by atoms with Gasteiger partial charge in [-0.05, 0) is 0 Å². The molecule has 2 atom stereocenters. The number of imide groups is 1. The molecule has 10 heteroatoms. The monoisotopic (exact) mass is 500 g/mol. The van der Waals surface area contributed by atoms with Gasteiger partial charge in [-0.3, -0.25) is 0 Å². The number of urea groups is 1. The van der Waals surface area contributed by atoms with E-state index in [1.165, 1.54) is 4.90 Å². The summed E-state index contributed by atoms with van der Waals surface area (Å²) in [6.45, 7) is 13.5. The first-order valence-corrected chi connectivity index (χ1v) is 15.2. The second-order valence-electron chi connectivity index (χ2n) is 10.1. The first-order chi connectivity index (χ1) is 15.8. The summed E-state index contributed by atoms with van der Waals surface area (Å²) in [6, 6.07) is -1.48. The summed E-state index contributed by atoms with van der Waals surface area (Å²) in [6.07, 6.45) is 3.41. The van der Waals surface area contributed by atoms with Gasteiger partial charge in [0.25, 0.3) is 0 Å². The van der Waals surface area contributed by atoms with Crippen molar-refractivity contribution in [1.29, 1.82) is 0 Å². The molecule has 0 spiro atoms. The van der Waals surface area contributed by atoms with Crippen LogP contribution >= 0.6 is 7.41 Å². The molecule has 0 aliphatic carbocycles. The summed E-state index contributed by atoms with van der Waals surface area (Å²) >= 11 is 0. The van der Waals surface area contributed by atoms with Crippen molar-refractivity contribution in [2.75, 3.05) is 32.5 Å². The van der Waals surface area contributed by atoms with Crippen LogP contribution in [0.25, 0.3) is 0 Å². The van der Waals surface area contributed by atoms with Crippen LogP contribution in [0.2, 0.25) is 0 Å². The van der Waals surface area contributed by atoms with E-state index in [-0.39, 0.29) is 30.8 Å². The van der Waals surface area contributed by atoms with E-state index < -0.39 is 31.5 Å². The Kier molecular flexibility index (Phi) is 12.2. The number of nitrogens with one attached hydrogen (secondary N) is 2. The van der Waals surface area contributed by atoms with Crippen molar-refractivity contribution >= 4 is 31.2 Å². The summed E-state index contributed by atoms with van der Waals surface area (Å²) in [7, 11) is -2.18. The van der Waals surface area contributed by atoms with Crippen LogP contribution in [0.4, 0.5) is 4.79 Å². The third-order valence-corrected chi connectivity index (χ3v) is 9.47. The average Bonchev–Trinajstić information content (AvgIpc) is 3.23. The second-order valence-corrected chi connectivity index (χ2v) is 13.9. The molecule has 1 rings (SSSR count). The van der Waals surface area contributed by atoms with E-state index in [4.69, 9.17) is 0 Å². The van der Waals surface area contributed by atoms with Gasteiger partial charge in [0.2, 0.25) is 0 Å². The number of nitrogens with zero attached hydrogens (tertiary/aromatic N) is 2. The van der Waals surface area contributed by atoms with E-state index in [9.17, 15) is 24.3 Å². The predicted molar refractivity (Wildman–Crippen MR) is 138 cm³/mol. The third kappa shape index (κ3) is 8.99. The van der Waals surface area contributed by atoms with Gasteiger partial charge in [0.15, 0.2) is 0 Å². The van der Waals surface area contributed by atoms with Gasteiger partial charge >= 0.3 is 205 Å². The first kappa shape index (κ1) is 30.0. The standard InChI is InChI=1S/C24H45N4O5P/c1-8-13-34(7,16-17(3)4)26-21(30)14-25-24(33)28(15-19(29)9-2)23(32)20-11-10-12-27(20)22(31)18(5)6/h8,13,17-20,29,34H,9-12,14-16H2,1-7H3,(H,25,33)(H,26,30)/t19-,20-/m0/s1. The topological polar surface area (TPSA) is 119 Å². The molecule has 5 amide bonds. The molecule has 34 heavy (non-hydrogen) atoms. The van der Waals surface area contributed by atoms with Crippen molar-refractivity contribution in [1.82, 2.24) is 20.2 Å². The van der Waals surface area contributed by atoms with E-state index in [1.54, 1.807) is 20.8 Å². The van der Waals surface area contributed by atoms with Gasteiger partial charge in [-0.15, -0.1) is 0 Å². The van der Waals surface area contributed by atoms with Crippen molar-refractivity contribution in [3.63, 3.8) is 0 Å². The fourth-order valence-electron chi connectivity index (χ4n) is 4.40. The van der Waals surface area contributed by atoms with Gasteiger partial charge in [-0.2, -0.15) is 0 Å². The molecule has 0 aromatic carbocycles. The molecule has 3 N–H and O–H groups in total. The Hall–Kier alpha value is -1.99. The second kappa shape index (κ2) is 13.8. The van der Waals surface area contributed by atoms with E-state index in [1.807, 2.05) is 13.0 Å². The average molecular weight is 501 g/mol. The van der Waals surface area contributed by atoms with Crippen LogP contribution in [0.5, 0.6) is 0 Å². The van der Waals surface area contributed by atoms with Crippen LogP contribution in [-0.4, -0.2) is 83.3 Å². The van der Waals surface area contributed by atoms with Crippen molar-refractivity contribution in [3.05, 3.63) is 11.9 Å². The first-order valence-electron chi connectivity index (χ1n) is 12.4. The van der Waals surface area contributed by atoms with E-state index in [0.717, 1.165) is 11.1 Å². The number of likely N-dealkylation sites (tertiary alicyclic amines) is 1. The number of carbonyl (C=O) groups is 4. The summed E-state index contributed by atoms with van der Waals surface area (Å²) in [5, 5.41) is 15.8. The molecule has 0 radical (unpaired) electrons. The molecule has 0 aromatic heterocycles. The van der Waals surface area contributed by atoms with Gasteiger partial charge in [0, 0.05) is 0 Å². The molecule has 1 heterocycles. The van der Waals surface area contributed by atoms with Crippen LogP contribution in [-0.2, 0) is 14.4 Å². The Balaban J connectivity index is 2.93. The minimum atomic E-state index is -2.18. The molecule has 0 aromatic rings. The zero-order chi connectivity index (χ0) is 26.1.